The van der Waals surface area contributed by atoms with Crippen LogP contribution in [0.15, 0.2) is 6.33 Å². The molecule has 3 nitrogen and oxygen atoms in total. The number of aryl methyl sites for hydroxylation is 1. The number of rotatable bonds is 2. The maximum absolute atomic E-state index is 9.84. The first kappa shape index (κ1) is 8.08. The van der Waals surface area contributed by atoms with E-state index in [0.717, 1.165) is 25.1 Å². The lowest BCUT2D eigenvalue weighted by atomic mass is 10.2. The highest BCUT2D eigenvalue weighted by atomic mass is 35.5. The quantitative estimate of drug-likeness (QED) is 0.761. The number of hydrogen-bond acceptors (Lipinski definition) is 2. The van der Waals surface area contributed by atoms with E-state index in [-0.39, 0.29) is 0 Å². The Kier molecular flexibility index (Phi) is 1.66. The Hall–Kier alpha value is -0.540. The van der Waals surface area contributed by atoms with Crippen LogP contribution in [0.2, 0.25) is 5.15 Å². The first-order valence-corrected chi connectivity index (χ1v) is 4.48. The molecule has 0 atom stereocenters. The lowest BCUT2D eigenvalue weighted by Gasteiger charge is -2.10. The summed E-state index contributed by atoms with van der Waals surface area (Å²) in [7, 11) is 0. The molecule has 0 bridgehead atoms. The number of halogens is 1. The van der Waals surface area contributed by atoms with E-state index in [4.69, 9.17) is 11.6 Å². The molecule has 1 heterocycles. The van der Waals surface area contributed by atoms with E-state index in [1.807, 2.05) is 11.5 Å². The maximum atomic E-state index is 9.84. The molecule has 0 aromatic carbocycles. The fraction of sp³-hybridized carbons (Fsp3) is 0.625. The Balaban J connectivity index is 2.46. The number of imidazole rings is 1. The zero-order valence-corrected chi connectivity index (χ0v) is 7.67. The number of hydrogen-bond donors (Lipinski definition) is 1. The van der Waals surface area contributed by atoms with E-state index < -0.39 is 5.60 Å². The molecule has 0 spiro atoms. The van der Waals surface area contributed by atoms with Crippen LogP contribution in [0.4, 0.5) is 0 Å². The molecule has 1 saturated carbocycles. The smallest absolute Gasteiger partial charge is 0.153 e. The van der Waals surface area contributed by atoms with Crippen molar-refractivity contribution in [1.29, 1.82) is 0 Å². The van der Waals surface area contributed by atoms with Gasteiger partial charge in [0.25, 0.3) is 0 Å². The molecule has 66 valence electrons. The standard InChI is InChI=1S/C8H11ClN2O/c1-2-11-5-10-7(9)6(11)8(12)3-4-8/h5,12H,2-4H2,1H3. The monoisotopic (exact) mass is 186 g/mol. The fourth-order valence-corrected chi connectivity index (χ4v) is 1.74. The van der Waals surface area contributed by atoms with Crippen molar-refractivity contribution in [2.24, 2.45) is 0 Å². The molecule has 1 N–H and O–H groups in total. The van der Waals surface area contributed by atoms with Gasteiger partial charge in [-0.05, 0) is 19.8 Å². The topological polar surface area (TPSA) is 38.0 Å². The van der Waals surface area contributed by atoms with Crippen molar-refractivity contribution in [2.75, 3.05) is 0 Å². The first-order valence-electron chi connectivity index (χ1n) is 4.11. The minimum atomic E-state index is -0.677. The molecular weight excluding hydrogens is 176 g/mol. The van der Waals surface area contributed by atoms with Crippen molar-refractivity contribution in [1.82, 2.24) is 9.55 Å². The van der Waals surface area contributed by atoms with Crippen molar-refractivity contribution in [3.05, 3.63) is 17.2 Å². The zero-order valence-electron chi connectivity index (χ0n) is 6.92. The molecule has 0 unspecified atom stereocenters. The molecule has 0 amide bonds. The predicted molar refractivity (Wildman–Crippen MR) is 46.0 cm³/mol. The summed E-state index contributed by atoms with van der Waals surface area (Å²) in [6.45, 7) is 2.81. The van der Waals surface area contributed by atoms with E-state index in [0.29, 0.717) is 5.15 Å². The molecule has 0 aliphatic heterocycles. The largest absolute Gasteiger partial charge is 0.384 e. The van der Waals surface area contributed by atoms with Crippen LogP contribution in [0.1, 0.15) is 25.5 Å². The van der Waals surface area contributed by atoms with E-state index in [2.05, 4.69) is 4.98 Å². The molecule has 1 fully saturated rings. The predicted octanol–water partition coefficient (Wildman–Crippen LogP) is 1.54. The summed E-state index contributed by atoms with van der Waals surface area (Å²) in [5.41, 5.74) is 0.107. The SMILES string of the molecule is CCn1cnc(Cl)c1C1(O)CC1. The van der Waals surface area contributed by atoms with E-state index in [1.54, 1.807) is 6.33 Å². The summed E-state index contributed by atoms with van der Waals surface area (Å²) in [6.07, 6.45) is 3.28. The minimum Gasteiger partial charge on any atom is -0.384 e. The maximum Gasteiger partial charge on any atom is 0.153 e. The third-order valence-corrected chi connectivity index (χ3v) is 2.57. The normalized spacial score (nSPS) is 19.6. The summed E-state index contributed by atoms with van der Waals surface area (Å²) in [5, 5.41) is 10.3. The second-order valence-electron chi connectivity index (χ2n) is 3.20. The average Bonchev–Trinajstić information content (AvgIpc) is 2.64. The summed E-state index contributed by atoms with van der Waals surface area (Å²) in [6, 6.07) is 0. The summed E-state index contributed by atoms with van der Waals surface area (Å²) in [4.78, 5) is 3.96. The van der Waals surface area contributed by atoms with Gasteiger partial charge in [0.2, 0.25) is 0 Å². The Morgan fingerprint density at radius 3 is 2.92 bits per heavy atom. The van der Waals surface area contributed by atoms with Crippen LogP contribution in [0.25, 0.3) is 0 Å². The highest BCUT2D eigenvalue weighted by Crippen LogP contribution is 2.47. The Labute approximate surface area is 76.0 Å². The molecule has 0 saturated heterocycles. The Bertz CT molecular complexity index is 304. The van der Waals surface area contributed by atoms with Gasteiger partial charge >= 0.3 is 0 Å². The van der Waals surface area contributed by atoms with E-state index >= 15 is 0 Å². The second-order valence-corrected chi connectivity index (χ2v) is 3.56. The van der Waals surface area contributed by atoms with Gasteiger partial charge in [-0.2, -0.15) is 0 Å². The van der Waals surface area contributed by atoms with Gasteiger partial charge in [-0.3, -0.25) is 0 Å². The van der Waals surface area contributed by atoms with Gasteiger partial charge in [-0.1, -0.05) is 11.6 Å². The minimum absolute atomic E-state index is 0.442. The fourth-order valence-electron chi connectivity index (χ4n) is 1.41. The molecule has 1 aliphatic rings. The lowest BCUT2D eigenvalue weighted by Crippen LogP contribution is -2.12. The molecule has 2 rings (SSSR count). The van der Waals surface area contributed by atoms with Gasteiger partial charge in [0.1, 0.15) is 5.60 Å². The molecule has 1 aromatic heterocycles. The third-order valence-electron chi connectivity index (χ3n) is 2.30. The molecule has 0 radical (unpaired) electrons. The number of aliphatic hydroxyl groups is 1. The number of nitrogens with zero attached hydrogens (tertiary/aromatic N) is 2. The second kappa shape index (κ2) is 2.47. The van der Waals surface area contributed by atoms with Crippen molar-refractivity contribution in [3.63, 3.8) is 0 Å². The van der Waals surface area contributed by atoms with Gasteiger partial charge < -0.3 is 9.67 Å². The molecular formula is C8H11ClN2O. The Morgan fingerprint density at radius 1 is 1.75 bits per heavy atom. The van der Waals surface area contributed by atoms with Gasteiger partial charge in [0.15, 0.2) is 5.15 Å². The van der Waals surface area contributed by atoms with Gasteiger partial charge in [0.05, 0.1) is 12.0 Å². The molecule has 4 heteroatoms. The van der Waals surface area contributed by atoms with Gasteiger partial charge in [0, 0.05) is 6.54 Å². The first-order chi connectivity index (χ1) is 5.67. The highest BCUT2D eigenvalue weighted by molar-refractivity contribution is 6.30. The molecule has 12 heavy (non-hydrogen) atoms. The summed E-state index contributed by atoms with van der Waals surface area (Å²) in [5.74, 6) is 0. The Morgan fingerprint density at radius 2 is 2.42 bits per heavy atom. The number of aromatic nitrogens is 2. The van der Waals surface area contributed by atoms with Crippen LogP contribution in [0, 0.1) is 0 Å². The summed E-state index contributed by atoms with van der Waals surface area (Å²) >= 11 is 5.86. The van der Waals surface area contributed by atoms with Crippen molar-refractivity contribution in [3.8, 4) is 0 Å². The van der Waals surface area contributed by atoms with Gasteiger partial charge in [-0.25, -0.2) is 4.98 Å². The van der Waals surface area contributed by atoms with Crippen LogP contribution < -0.4 is 0 Å². The molecule has 1 aromatic rings. The zero-order chi connectivity index (χ0) is 8.77. The highest BCUT2D eigenvalue weighted by Gasteiger charge is 2.46. The van der Waals surface area contributed by atoms with E-state index in [1.165, 1.54) is 0 Å². The lowest BCUT2D eigenvalue weighted by molar-refractivity contribution is 0.142. The van der Waals surface area contributed by atoms with Crippen LogP contribution in [-0.4, -0.2) is 14.7 Å². The van der Waals surface area contributed by atoms with Gasteiger partial charge in [-0.15, -0.1) is 0 Å². The third kappa shape index (κ3) is 1.04. The van der Waals surface area contributed by atoms with Crippen molar-refractivity contribution >= 4 is 11.6 Å². The van der Waals surface area contributed by atoms with Crippen LogP contribution in [-0.2, 0) is 12.1 Å². The molecule has 1 aliphatic carbocycles. The summed E-state index contributed by atoms with van der Waals surface area (Å²) < 4.78 is 1.90. The van der Waals surface area contributed by atoms with Crippen LogP contribution >= 0.6 is 11.6 Å². The average molecular weight is 187 g/mol. The van der Waals surface area contributed by atoms with Crippen LogP contribution in [0.5, 0.6) is 0 Å². The van der Waals surface area contributed by atoms with Crippen molar-refractivity contribution in [2.45, 2.75) is 31.9 Å². The van der Waals surface area contributed by atoms with Crippen molar-refractivity contribution < 1.29 is 5.11 Å². The van der Waals surface area contributed by atoms with E-state index in [9.17, 15) is 5.11 Å². The van der Waals surface area contributed by atoms with Crippen LogP contribution in [0.3, 0.4) is 0 Å².